The lowest BCUT2D eigenvalue weighted by Gasteiger charge is -2.16. The maximum absolute atomic E-state index is 12.6. The normalized spacial score (nSPS) is 12.0. The summed E-state index contributed by atoms with van der Waals surface area (Å²) in [4.78, 5) is 16.7. The Morgan fingerprint density at radius 1 is 1.29 bits per heavy atom. The highest BCUT2D eigenvalue weighted by molar-refractivity contribution is 5.80. The third-order valence-corrected chi connectivity index (χ3v) is 3.71. The highest BCUT2D eigenvalue weighted by Crippen LogP contribution is 2.13. The standard InChI is InChI=1S/C15H18N8O/c1-22-14(17-10-19-22)7-8-16-15(24)13(23-11-18-20-21-23)9-12-5-3-2-4-6-12/h2-6,10-11,13H,7-9H2,1H3,(H,16,24)/t13-/m0/s1. The van der Waals surface area contributed by atoms with Gasteiger partial charge in [0.15, 0.2) is 0 Å². The van der Waals surface area contributed by atoms with E-state index in [1.165, 1.54) is 17.3 Å². The molecule has 0 fully saturated rings. The quantitative estimate of drug-likeness (QED) is 0.652. The number of aromatic nitrogens is 7. The average Bonchev–Trinajstić information content (AvgIpc) is 3.26. The number of tetrazole rings is 1. The lowest BCUT2D eigenvalue weighted by atomic mass is 10.1. The number of carbonyl (C=O) groups is 1. The summed E-state index contributed by atoms with van der Waals surface area (Å²) in [5, 5.41) is 18.1. The first kappa shape index (κ1) is 15.8. The first-order valence-electron chi connectivity index (χ1n) is 7.61. The monoisotopic (exact) mass is 326 g/mol. The first-order chi connectivity index (χ1) is 11.7. The zero-order valence-corrected chi connectivity index (χ0v) is 13.3. The van der Waals surface area contributed by atoms with Crippen molar-refractivity contribution in [3.63, 3.8) is 0 Å². The highest BCUT2D eigenvalue weighted by Gasteiger charge is 2.22. The van der Waals surface area contributed by atoms with Gasteiger partial charge in [0.2, 0.25) is 5.91 Å². The number of nitrogens with one attached hydrogen (secondary N) is 1. The van der Waals surface area contributed by atoms with Gasteiger partial charge in [0, 0.05) is 26.4 Å². The van der Waals surface area contributed by atoms with Gasteiger partial charge in [-0.05, 0) is 16.0 Å². The summed E-state index contributed by atoms with van der Waals surface area (Å²) in [5.74, 6) is 0.686. The molecular weight excluding hydrogens is 308 g/mol. The van der Waals surface area contributed by atoms with Crippen molar-refractivity contribution in [3.05, 3.63) is 54.4 Å². The molecule has 1 amide bonds. The summed E-state index contributed by atoms with van der Waals surface area (Å²) in [7, 11) is 1.82. The van der Waals surface area contributed by atoms with Gasteiger partial charge in [-0.2, -0.15) is 5.10 Å². The van der Waals surface area contributed by atoms with Gasteiger partial charge in [0.1, 0.15) is 24.5 Å². The highest BCUT2D eigenvalue weighted by atomic mass is 16.2. The fraction of sp³-hybridized carbons (Fsp3) is 0.333. The molecule has 1 aromatic carbocycles. The number of nitrogens with zero attached hydrogens (tertiary/aromatic N) is 7. The van der Waals surface area contributed by atoms with Crippen LogP contribution in [0.3, 0.4) is 0 Å². The van der Waals surface area contributed by atoms with E-state index in [0.717, 1.165) is 11.4 Å². The van der Waals surface area contributed by atoms with E-state index in [1.807, 2.05) is 37.4 Å². The molecule has 0 saturated heterocycles. The van der Waals surface area contributed by atoms with Crippen LogP contribution in [0, 0.1) is 0 Å². The second kappa shape index (κ2) is 7.44. The number of carbonyl (C=O) groups excluding carboxylic acids is 1. The lowest BCUT2D eigenvalue weighted by molar-refractivity contribution is -0.124. The van der Waals surface area contributed by atoms with Crippen LogP contribution in [0.1, 0.15) is 17.4 Å². The van der Waals surface area contributed by atoms with Gasteiger partial charge in [-0.25, -0.2) is 9.67 Å². The molecule has 0 aliphatic rings. The molecule has 9 nitrogen and oxygen atoms in total. The van der Waals surface area contributed by atoms with E-state index < -0.39 is 6.04 Å². The SMILES string of the molecule is Cn1ncnc1CCNC(=O)[C@H](Cc1ccccc1)n1cnnn1. The number of aryl methyl sites for hydroxylation is 1. The molecule has 0 unspecified atom stereocenters. The van der Waals surface area contributed by atoms with Crippen LogP contribution >= 0.6 is 0 Å². The average molecular weight is 326 g/mol. The molecule has 0 bridgehead atoms. The Bertz CT molecular complexity index is 768. The van der Waals surface area contributed by atoms with Gasteiger partial charge in [0.25, 0.3) is 0 Å². The van der Waals surface area contributed by atoms with Crippen molar-refractivity contribution in [3.8, 4) is 0 Å². The summed E-state index contributed by atoms with van der Waals surface area (Å²) in [6, 6.07) is 9.28. The van der Waals surface area contributed by atoms with Crippen LogP contribution in [-0.2, 0) is 24.7 Å². The van der Waals surface area contributed by atoms with Crippen molar-refractivity contribution in [2.24, 2.45) is 7.05 Å². The molecule has 0 saturated carbocycles. The summed E-state index contributed by atoms with van der Waals surface area (Å²) >= 11 is 0. The van der Waals surface area contributed by atoms with Crippen LogP contribution in [0.5, 0.6) is 0 Å². The van der Waals surface area contributed by atoms with Gasteiger partial charge in [0.05, 0.1) is 0 Å². The summed E-state index contributed by atoms with van der Waals surface area (Å²) in [6.07, 6.45) is 4.07. The second-order valence-corrected chi connectivity index (χ2v) is 5.34. The molecule has 0 radical (unpaired) electrons. The molecule has 2 aromatic heterocycles. The van der Waals surface area contributed by atoms with E-state index in [2.05, 4.69) is 30.9 Å². The number of hydrogen-bond donors (Lipinski definition) is 1. The van der Waals surface area contributed by atoms with Gasteiger partial charge in [-0.15, -0.1) is 5.10 Å². The zero-order valence-electron chi connectivity index (χ0n) is 13.3. The number of rotatable bonds is 7. The Labute approximate surface area is 138 Å². The van der Waals surface area contributed by atoms with Crippen LogP contribution in [0.15, 0.2) is 43.0 Å². The van der Waals surface area contributed by atoms with E-state index >= 15 is 0 Å². The third-order valence-electron chi connectivity index (χ3n) is 3.71. The molecule has 1 atom stereocenters. The third kappa shape index (κ3) is 3.80. The molecule has 0 spiro atoms. The summed E-state index contributed by atoms with van der Waals surface area (Å²) < 4.78 is 3.17. The molecule has 9 heteroatoms. The Balaban J connectivity index is 1.64. The fourth-order valence-electron chi connectivity index (χ4n) is 2.42. The van der Waals surface area contributed by atoms with E-state index in [4.69, 9.17) is 0 Å². The summed E-state index contributed by atoms with van der Waals surface area (Å²) in [5.41, 5.74) is 1.04. The second-order valence-electron chi connectivity index (χ2n) is 5.34. The Morgan fingerprint density at radius 3 is 2.79 bits per heavy atom. The van der Waals surface area contributed by atoms with Crippen LogP contribution in [0.2, 0.25) is 0 Å². The molecule has 124 valence electrons. The molecular formula is C15H18N8O. The molecule has 0 aliphatic carbocycles. The van der Waals surface area contributed by atoms with E-state index in [-0.39, 0.29) is 5.91 Å². The van der Waals surface area contributed by atoms with Crippen LogP contribution in [0.25, 0.3) is 0 Å². The minimum absolute atomic E-state index is 0.131. The van der Waals surface area contributed by atoms with Crippen molar-refractivity contribution in [2.45, 2.75) is 18.9 Å². The van der Waals surface area contributed by atoms with Crippen LogP contribution in [0.4, 0.5) is 0 Å². The molecule has 3 rings (SSSR count). The predicted molar refractivity (Wildman–Crippen MR) is 84.7 cm³/mol. The van der Waals surface area contributed by atoms with Crippen molar-refractivity contribution in [2.75, 3.05) is 6.54 Å². The van der Waals surface area contributed by atoms with E-state index in [0.29, 0.717) is 19.4 Å². The molecule has 1 N–H and O–H groups in total. The first-order valence-corrected chi connectivity index (χ1v) is 7.61. The minimum Gasteiger partial charge on any atom is -0.354 e. The fourth-order valence-corrected chi connectivity index (χ4v) is 2.42. The minimum atomic E-state index is -0.498. The molecule has 2 heterocycles. The summed E-state index contributed by atoms with van der Waals surface area (Å²) in [6.45, 7) is 0.471. The Morgan fingerprint density at radius 2 is 2.12 bits per heavy atom. The van der Waals surface area contributed by atoms with Crippen molar-refractivity contribution in [1.82, 2.24) is 40.3 Å². The number of benzene rings is 1. The van der Waals surface area contributed by atoms with Crippen LogP contribution in [-0.4, -0.2) is 47.4 Å². The maximum atomic E-state index is 12.6. The van der Waals surface area contributed by atoms with Gasteiger partial charge in [-0.3, -0.25) is 9.48 Å². The van der Waals surface area contributed by atoms with Gasteiger partial charge in [-0.1, -0.05) is 30.3 Å². The zero-order chi connectivity index (χ0) is 16.8. The van der Waals surface area contributed by atoms with Crippen molar-refractivity contribution in [1.29, 1.82) is 0 Å². The largest absolute Gasteiger partial charge is 0.354 e. The van der Waals surface area contributed by atoms with E-state index in [9.17, 15) is 4.79 Å². The lowest BCUT2D eigenvalue weighted by Crippen LogP contribution is -2.35. The number of amides is 1. The van der Waals surface area contributed by atoms with Gasteiger partial charge < -0.3 is 5.32 Å². The smallest absolute Gasteiger partial charge is 0.245 e. The number of hydrogen-bond acceptors (Lipinski definition) is 6. The molecule has 24 heavy (non-hydrogen) atoms. The topological polar surface area (TPSA) is 103 Å². The van der Waals surface area contributed by atoms with Crippen molar-refractivity contribution < 1.29 is 4.79 Å². The van der Waals surface area contributed by atoms with Crippen LogP contribution < -0.4 is 5.32 Å². The molecule has 3 aromatic rings. The van der Waals surface area contributed by atoms with E-state index in [1.54, 1.807) is 4.68 Å². The van der Waals surface area contributed by atoms with Gasteiger partial charge >= 0.3 is 0 Å². The van der Waals surface area contributed by atoms with Crippen molar-refractivity contribution >= 4 is 5.91 Å². The predicted octanol–water partition coefficient (Wildman–Crippen LogP) is -0.0557. The Kier molecular flexibility index (Phi) is 4.90. The maximum Gasteiger partial charge on any atom is 0.245 e. The molecule has 0 aliphatic heterocycles. The Hall–Kier alpha value is -3.10.